The standard InChI is InChI=1S/Ir.Na.H2O3S/c;;1-4(2)3/h;;(H2,1,2,3)/q;+1;/p-1. The molecule has 0 aromatic rings. The molecule has 1 radical (unpaired) electrons. The fourth-order valence-corrected chi connectivity index (χ4v) is 0. The Balaban J connectivity index is -0.0000000450. The van der Waals surface area contributed by atoms with E-state index in [-0.39, 0.29) is 49.7 Å². The minimum atomic E-state index is -2.86. The second-order valence-corrected chi connectivity index (χ2v) is 0.651. The second kappa shape index (κ2) is 9.87. The summed E-state index contributed by atoms with van der Waals surface area (Å²) in [5.74, 6) is 0. The van der Waals surface area contributed by atoms with Crippen molar-refractivity contribution in [2.45, 2.75) is 0 Å². The summed E-state index contributed by atoms with van der Waals surface area (Å²) in [5, 5.41) is 0. The molecule has 1 N–H and O–H groups in total. The van der Waals surface area contributed by atoms with E-state index in [0.29, 0.717) is 0 Å². The molecule has 0 bridgehead atoms. The van der Waals surface area contributed by atoms with Gasteiger partial charge in [0.25, 0.3) is 0 Å². The first kappa shape index (κ1) is 15.6. The Labute approximate surface area is 73.6 Å². The van der Waals surface area contributed by atoms with Gasteiger partial charge in [0.2, 0.25) is 0 Å². The molecule has 6 heteroatoms. The van der Waals surface area contributed by atoms with E-state index in [4.69, 9.17) is 13.3 Å². The van der Waals surface area contributed by atoms with E-state index in [1.54, 1.807) is 0 Å². The van der Waals surface area contributed by atoms with Crippen molar-refractivity contribution in [3.8, 4) is 0 Å². The van der Waals surface area contributed by atoms with Gasteiger partial charge < -0.3 is 9.11 Å². The van der Waals surface area contributed by atoms with Crippen LogP contribution >= 0.6 is 0 Å². The zero-order valence-corrected chi connectivity index (χ0v) is 8.22. The van der Waals surface area contributed by atoms with E-state index < -0.39 is 11.4 Å². The molecular weight excluding hydrogens is 295 g/mol. The Morgan fingerprint density at radius 2 is 1.67 bits per heavy atom. The van der Waals surface area contributed by atoms with Crippen LogP contribution in [0.3, 0.4) is 0 Å². The summed E-state index contributed by atoms with van der Waals surface area (Å²) in [6.45, 7) is 0. The molecule has 35 valence electrons. The molecule has 1 unspecified atom stereocenters. The van der Waals surface area contributed by atoms with E-state index >= 15 is 0 Å². The van der Waals surface area contributed by atoms with Gasteiger partial charge in [-0.2, -0.15) is 0 Å². The molecular formula is HIrNaO3S. The zero-order valence-electron chi connectivity index (χ0n) is 3.01. The van der Waals surface area contributed by atoms with Crippen molar-refractivity contribution in [1.29, 1.82) is 0 Å². The Hall–Kier alpha value is 1.72. The fourth-order valence-electron chi connectivity index (χ4n) is 0. The third-order valence-corrected chi connectivity index (χ3v) is 0. The van der Waals surface area contributed by atoms with Gasteiger partial charge in [0.1, 0.15) is 0 Å². The largest absolute Gasteiger partial charge is 1.00 e. The predicted octanol–water partition coefficient (Wildman–Crippen LogP) is -3.66. The Kier molecular flexibility index (Phi) is 25.7. The number of hydrogen-bond acceptors (Lipinski definition) is 2. The predicted molar refractivity (Wildman–Crippen MR) is 11.5 cm³/mol. The van der Waals surface area contributed by atoms with E-state index in [0.717, 1.165) is 0 Å². The van der Waals surface area contributed by atoms with Gasteiger partial charge in [0.05, 0.1) is 11.4 Å². The van der Waals surface area contributed by atoms with Crippen molar-refractivity contribution < 1.29 is 63.0 Å². The minimum Gasteiger partial charge on any atom is -0.750 e. The van der Waals surface area contributed by atoms with Crippen molar-refractivity contribution in [3.63, 3.8) is 0 Å². The van der Waals surface area contributed by atoms with Crippen LogP contribution in [0, 0.1) is 0 Å². The molecule has 0 aliphatic carbocycles. The molecule has 1 atom stereocenters. The number of hydrogen-bond donors (Lipinski definition) is 1. The van der Waals surface area contributed by atoms with Crippen LogP contribution in [0.5, 0.6) is 0 Å². The van der Waals surface area contributed by atoms with Gasteiger partial charge in [-0.25, -0.2) is 4.21 Å². The van der Waals surface area contributed by atoms with Gasteiger partial charge in [-0.15, -0.1) is 0 Å². The molecule has 0 aromatic heterocycles. The molecule has 0 fully saturated rings. The molecule has 0 rings (SSSR count). The number of rotatable bonds is 0. The van der Waals surface area contributed by atoms with Crippen LogP contribution in [0.4, 0.5) is 0 Å². The molecule has 3 nitrogen and oxygen atoms in total. The van der Waals surface area contributed by atoms with Gasteiger partial charge in [-0.3, -0.25) is 0 Å². The van der Waals surface area contributed by atoms with E-state index in [9.17, 15) is 0 Å². The van der Waals surface area contributed by atoms with Gasteiger partial charge >= 0.3 is 29.6 Å². The molecule has 0 aliphatic rings. The maximum absolute atomic E-state index is 8.56. The van der Waals surface area contributed by atoms with E-state index in [1.807, 2.05) is 0 Å². The summed E-state index contributed by atoms with van der Waals surface area (Å²) in [6.07, 6.45) is 0. The third-order valence-electron chi connectivity index (χ3n) is 0. The molecule has 0 spiro atoms. The third kappa shape index (κ3) is 43.1. The van der Waals surface area contributed by atoms with E-state index in [1.165, 1.54) is 0 Å². The topological polar surface area (TPSA) is 60.4 Å². The Morgan fingerprint density at radius 3 is 1.67 bits per heavy atom. The smallest absolute Gasteiger partial charge is 0.750 e. The van der Waals surface area contributed by atoms with Crippen molar-refractivity contribution in [3.05, 3.63) is 0 Å². The van der Waals surface area contributed by atoms with Crippen molar-refractivity contribution in [1.82, 2.24) is 0 Å². The molecule has 0 saturated carbocycles. The van der Waals surface area contributed by atoms with E-state index in [2.05, 4.69) is 0 Å². The fraction of sp³-hybridized carbons (Fsp3) is 0. The minimum absolute atomic E-state index is 0. The van der Waals surface area contributed by atoms with Gasteiger partial charge in [0, 0.05) is 20.1 Å². The van der Waals surface area contributed by atoms with Gasteiger partial charge in [0.15, 0.2) is 0 Å². The molecule has 0 aromatic carbocycles. The summed E-state index contributed by atoms with van der Waals surface area (Å²) in [4.78, 5) is 0. The first-order valence-electron chi connectivity index (χ1n) is 0.516. The van der Waals surface area contributed by atoms with Crippen molar-refractivity contribution >= 4 is 11.4 Å². The van der Waals surface area contributed by atoms with Crippen LogP contribution in [-0.2, 0) is 31.5 Å². The van der Waals surface area contributed by atoms with Crippen LogP contribution in [0.1, 0.15) is 0 Å². The maximum atomic E-state index is 8.56. The Bertz CT molecular complexity index is 33.8. The maximum Gasteiger partial charge on any atom is 1.00 e. The SMILES string of the molecule is O=S([O-])O.[Ir].[Na+]. The van der Waals surface area contributed by atoms with Crippen molar-refractivity contribution in [2.75, 3.05) is 0 Å². The van der Waals surface area contributed by atoms with Crippen LogP contribution in [-0.4, -0.2) is 13.3 Å². The average Bonchev–Trinajstić information content (AvgIpc) is 0.811. The molecule has 0 heterocycles. The monoisotopic (exact) mass is 297 g/mol. The normalized spacial score (nSPS) is 10.3. The summed E-state index contributed by atoms with van der Waals surface area (Å²) < 4.78 is 24.1. The van der Waals surface area contributed by atoms with Crippen LogP contribution in [0.15, 0.2) is 0 Å². The van der Waals surface area contributed by atoms with Crippen LogP contribution in [0.2, 0.25) is 0 Å². The molecule has 6 heavy (non-hydrogen) atoms. The molecule has 0 saturated heterocycles. The first-order valence-corrected chi connectivity index (χ1v) is 1.55. The first-order chi connectivity index (χ1) is 1.73. The average molecular weight is 296 g/mol. The summed E-state index contributed by atoms with van der Waals surface area (Å²) in [6, 6.07) is 0. The zero-order chi connectivity index (χ0) is 3.58. The summed E-state index contributed by atoms with van der Waals surface area (Å²) in [5.41, 5.74) is 0. The quantitative estimate of drug-likeness (QED) is 0.370. The molecule has 0 amide bonds. The van der Waals surface area contributed by atoms with Crippen LogP contribution in [0.25, 0.3) is 0 Å². The second-order valence-electron chi connectivity index (χ2n) is 0.217. The van der Waals surface area contributed by atoms with Gasteiger partial charge in [-0.1, -0.05) is 0 Å². The van der Waals surface area contributed by atoms with Gasteiger partial charge in [-0.05, 0) is 0 Å². The summed E-state index contributed by atoms with van der Waals surface area (Å²) in [7, 11) is 0. The van der Waals surface area contributed by atoms with Crippen molar-refractivity contribution in [2.24, 2.45) is 0 Å². The Morgan fingerprint density at radius 1 is 1.67 bits per heavy atom. The molecule has 0 aliphatic heterocycles. The summed E-state index contributed by atoms with van der Waals surface area (Å²) >= 11 is -2.86. The van der Waals surface area contributed by atoms with Crippen LogP contribution < -0.4 is 29.6 Å².